The van der Waals surface area contributed by atoms with Gasteiger partial charge in [0.1, 0.15) is 60.2 Å². The largest absolute Gasteiger partial charge is 0.497 e. The van der Waals surface area contributed by atoms with Crippen LogP contribution < -0.4 is 0 Å². The summed E-state index contributed by atoms with van der Waals surface area (Å²) < 4.78 is 78.8. The van der Waals surface area contributed by atoms with Crippen LogP contribution >= 0.6 is 0 Å². The van der Waals surface area contributed by atoms with E-state index in [0.717, 1.165) is 5.57 Å². The van der Waals surface area contributed by atoms with Gasteiger partial charge in [-0.2, -0.15) is 0 Å². The van der Waals surface area contributed by atoms with Gasteiger partial charge in [-0.05, 0) is 98.5 Å². The van der Waals surface area contributed by atoms with Crippen molar-refractivity contribution in [3.05, 3.63) is 70.1 Å². The Labute approximate surface area is 489 Å². The molecule has 24 unspecified atom stereocenters. The highest BCUT2D eigenvalue weighted by molar-refractivity contribution is 5.88. The van der Waals surface area contributed by atoms with Crippen molar-refractivity contribution in [3.63, 3.8) is 0 Å². The smallest absolute Gasteiger partial charge is 0.334 e. The van der Waals surface area contributed by atoms with E-state index in [2.05, 4.69) is 0 Å². The molecule has 0 radical (unpaired) electrons. The third kappa shape index (κ3) is 17.2. The third-order valence-corrected chi connectivity index (χ3v) is 16.8. The number of methoxy groups -OCH3 is 5. The summed E-state index contributed by atoms with van der Waals surface area (Å²) in [4.78, 5) is 14.5. The zero-order valence-corrected chi connectivity index (χ0v) is 51.3. The number of carbonyl (C=O) groups excluding carboxylic acids is 1. The van der Waals surface area contributed by atoms with Crippen LogP contribution in [0.25, 0.3) is 0 Å². The van der Waals surface area contributed by atoms with Crippen molar-refractivity contribution in [2.75, 3.05) is 48.8 Å². The number of ether oxygens (including phenoxy) is 13. The molecular formula is C60H98O23. The van der Waals surface area contributed by atoms with E-state index in [1.807, 2.05) is 32.9 Å². The van der Waals surface area contributed by atoms with Crippen LogP contribution in [0, 0.1) is 11.8 Å². The van der Waals surface area contributed by atoms with Gasteiger partial charge in [-0.1, -0.05) is 49.3 Å². The average molecular weight is 1190 g/mol. The zero-order chi connectivity index (χ0) is 62.1. The summed E-state index contributed by atoms with van der Waals surface area (Å²) in [6.45, 7) is 18.2. The number of cyclic esters (lactones) is 1. The van der Waals surface area contributed by atoms with Crippen LogP contribution in [0.5, 0.6) is 0 Å². The quantitative estimate of drug-likeness (QED) is 0.0747. The molecule has 83 heavy (non-hydrogen) atoms. The van der Waals surface area contributed by atoms with Gasteiger partial charge in [0.25, 0.3) is 0 Å². The molecule has 5 aliphatic rings. The molecule has 0 aromatic carbocycles. The lowest BCUT2D eigenvalue weighted by molar-refractivity contribution is -0.416. The lowest BCUT2D eigenvalue weighted by atomic mass is 9.75. The van der Waals surface area contributed by atoms with Crippen LogP contribution in [-0.4, -0.2) is 234 Å². The van der Waals surface area contributed by atoms with Crippen LogP contribution in [0.15, 0.2) is 70.1 Å². The Morgan fingerprint density at radius 3 is 1.99 bits per heavy atom. The molecule has 0 amide bonds. The first-order valence-electron chi connectivity index (χ1n) is 28.7. The summed E-state index contributed by atoms with van der Waals surface area (Å²) in [5, 5.41) is 103. The van der Waals surface area contributed by atoms with Gasteiger partial charge in [0.15, 0.2) is 18.9 Å². The standard InChI is InChI=1S/C60H98O23/c1-30-20-31(2)22-41(62)44(73-14)27-43(79-56(68)34(5)24-40(72-13)25-39(29-61)23-33(4)50(32(3)21-30)81-57-49(65)48(64)52(74-15)37(8)78-57)35(6)60(70)55(75-16)54(67)59(11,45(82-60)18-17-19-71-12)83-46-26-42(63)51(36(7)76-46)80-47-28-58(10,69)53(66)38(9)77-47/h20-25,33,35-38,41-55,57,61-67,69-70H,17-19,26-29H2,1-16H3. The molecule has 23 nitrogen and oxygen atoms in total. The average Bonchev–Trinajstić information content (AvgIpc) is 1.93. The highest BCUT2D eigenvalue weighted by Gasteiger charge is 2.64. The van der Waals surface area contributed by atoms with E-state index in [-0.39, 0.29) is 43.6 Å². The van der Waals surface area contributed by atoms with E-state index < -0.39 is 158 Å². The van der Waals surface area contributed by atoms with Crippen molar-refractivity contribution in [2.45, 2.75) is 242 Å². The zero-order valence-electron chi connectivity index (χ0n) is 51.3. The first-order valence-corrected chi connectivity index (χ1v) is 28.7. The molecule has 5 heterocycles. The summed E-state index contributed by atoms with van der Waals surface area (Å²) in [6, 6.07) is 0. The number of carbonyl (C=O) groups is 1. The van der Waals surface area contributed by atoms with Crippen molar-refractivity contribution in [1.29, 1.82) is 0 Å². The minimum Gasteiger partial charge on any atom is -0.497 e. The monoisotopic (exact) mass is 1190 g/mol. The number of allylic oxidation sites excluding steroid dienone is 5. The maximum absolute atomic E-state index is 14.5. The molecule has 0 saturated carbocycles. The molecule has 9 N–H and O–H groups in total. The Morgan fingerprint density at radius 1 is 0.735 bits per heavy atom. The Morgan fingerprint density at radius 2 is 1.40 bits per heavy atom. The van der Waals surface area contributed by atoms with E-state index in [1.165, 1.54) is 61.5 Å². The molecule has 476 valence electrons. The van der Waals surface area contributed by atoms with Gasteiger partial charge >= 0.3 is 5.97 Å². The Balaban J connectivity index is 1.51. The van der Waals surface area contributed by atoms with Gasteiger partial charge in [-0.3, -0.25) is 0 Å². The van der Waals surface area contributed by atoms with Crippen LogP contribution in [0.4, 0.5) is 0 Å². The fourth-order valence-corrected chi connectivity index (χ4v) is 12.0. The Hall–Kier alpha value is -3.09. The van der Waals surface area contributed by atoms with Crippen molar-refractivity contribution in [3.8, 4) is 0 Å². The highest BCUT2D eigenvalue weighted by atomic mass is 16.7. The van der Waals surface area contributed by atoms with Crippen LogP contribution in [0.1, 0.15) is 108 Å². The second kappa shape index (κ2) is 30.7. The topological polar surface area (TPSA) is 319 Å². The summed E-state index contributed by atoms with van der Waals surface area (Å²) in [5.41, 5.74) is -0.823. The lowest BCUT2D eigenvalue weighted by Gasteiger charge is -2.57. The molecule has 5 aliphatic heterocycles. The Kier molecular flexibility index (Phi) is 26.1. The molecule has 5 rings (SSSR count). The first kappa shape index (κ1) is 70.7. The maximum atomic E-state index is 14.5. The predicted octanol–water partition coefficient (Wildman–Crippen LogP) is 2.84. The highest BCUT2D eigenvalue weighted by Crippen LogP contribution is 2.47. The Bertz CT molecular complexity index is 2270. The predicted molar refractivity (Wildman–Crippen MR) is 300 cm³/mol. The van der Waals surface area contributed by atoms with E-state index in [0.29, 0.717) is 23.1 Å². The minimum atomic E-state index is -2.46. The second-order valence-electron chi connectivity index (χ2n) is 23.6. The number of hydrogen-bond acceptors (Lipinski definition) is 23. The molecule has 24 atom stereocenters. The molecule has 4 saturated heterocycles. The molecule has 0 aromatic heterocycles. The molecule has 0 aromatic rings. The number of hydrogen-bond donors (Lipinski definition) is 9. The summed E-state index contributed by atoms with van der Waals surface area (Å²) >= 11 is 0. The third-order valence-electron chi connectivity index (χ3n) is 16.8. The van der Waals surface area contributed by atoms with Gasteiger partial charge in [0.2, 0.25) is 5.79 Å². The first-order chi connectivity index (χ1) is 38.9. The van der Waals surface area contributed by atoms with E-state index >= 15 is 0 Å². The summed E-state index contributed by atoms with van der Waals surface area (Å²) in [5.74, 6) is -4.99. The van der Waals surface area contributed by atoms with Crippen molar-refractivity contribution in [2.24, 2.45) is 11.8 Å². The van der Waals surface area contributed by atoms with E-state index in [4.69, 9.17) is 61.6 Å². The SMILES string of the molecule is COCCCC1OC(O)(C(C)C2CC(OC)C(O)C=C(C)C=C(C)C=C(C)C(OC3OC(C)C(OC)C(O)C3O)C(C)C=C(CO)C=C(OC)C=C(C)C(=O)O2)C(OC)C(O)C1(C)OC1CC(O)C(OC2CC(C)(O)C(O)C(C)O2)C(C)O1. The maximum Gasteiger partial charge on any atom is 0.334 e. The molecule has 0 spiro atoms. The number of rotatable bonds is 17. The van der Waals surface area contributed by atoms with Crippen molar-refractivity contribution < 1.29 is 112 Å². The van der Waals surface area contributed by atoms with Crippen molar-refractivity contribution in [1.82, 2.24) is 0 Å². The molecule has 0 bridgehead atoms. The van der Waals surface area contributed by atoms with Crippen molar-refractivity contribution >= 4 is 5.97 Å². The van der Waals surface area contributed by atoms with E-state index in [9.17, 15) is 50.8 Å². The number of aliphatic hydroxyl groups excluding tert-OH is 7. The summed E-state index contributed by atoms with van der Waals surface area (Å²) in [7, 11) is 6.97. The molecule has 23 heteroatoms. The van der Waals surface area contributed by atoms with Crippen LogP contribution in [0.3, 0.4) is 0 Å². The van der Waals surface area contributed by atoms with Crippen LogP contribution in [-0.2, 0) is 66.4 Å². The molecule has 0 aliphatic carbocycles. The lowest BCUT2D eigenvalue weighted by Crippen LogP contribution is -2.74. The second-order valence-corrected chi connectivity index (χ2v) is 23.6. The van der Waals surface area contributed by atoms with Gasteiger partial charge in [0.05, 0.1) is 74.1 Å². The van der Waals surface area contributed by atoms with Gasteiger partial charge in [0, 0.05) is 65.8 Å². The van der Waals surface area contributed by atoms with Crippen LogP contribution in [0.2, 0.25) is 0 Å². The molecule has 4 fully saturated rings. The summed E-state index contributed by atoms with van der Waals surface area (Å²) in [6.07, 6.45) is -11.5. The fourth-order valence-electron chi connectivity index (χ4n) is 12.0. The van der Waals surface area contributed by atoms with Gasteiger partial charge in [-0.25, -0.2) is 4.79 Å². The van der Waals surface area contributed by atoms with Gasteiger partial charge < -0.3 is 108 Å². The molecular weight excluding hydrogens is 1090 g/mol. The number of aliphatic hydroxyl groups is 9. The normalized spacial score (nSPS) is 42.6. The van der Waals surface area contributed by atoms with E-state index in [1.54, 1.807) is 53.7 Å². The van der Waals surface area contributed by atoms with Gasteiger partial charge in [-0.15, -0.1) is 0 Å². The fraction of sp³-hybridized carbons (Fsp3) is 0.783. The number of esters is 1. The minimum absolute atomic E-state index is 0.0210.